The van der Waals surface area contributed by atoms with Gasteiger partial charge in [0.25, 0.3) is 0 Å². The number of carbonyl (C=O) groups excluding carboxylic acids is 1. The number of aliphatic hydroxyl groups excluding tert-OH is 1. The number of carbonyl (C=O) groups is 1. The van der Waals surface area contributed by atoms with Crippen LogP contribution in [0.25, 0.3) is 0 Å². The Bertz CT molecular complexity index is 1660. The Hall–Kier alpha value is -3.36. The number of hydrogen-bond acceptors (Lipinski definition) is 5. The lowest BCUT2D eigenvalue weighted by molar-refractivity contribution is -0.870. The van der Waals surface area contributed by atoms with Crippen molar-refractivity contribution in [3.63, 3.8) is 0 Å². The summed E-state index contributed by atoms with van der Waals surface area (Å²) in [6, 6.07) is -0.889. The molecule has 0 aliphatic rings. The van der Waals surface area contributed by atoms with E-state index < -0.39 is 20.0 Å². The molecule has 0 aromatic carbocycles. The average molecular weight is 1050 g/mol. The molecule has 0 saturated heterocycles. The number of unbranched alkanes of at least 4 members (excludes halogenated alkanes) is 19. The Morgan fingerprint density at radius 1 is 0.473 bits per heavy atom. The molecule has 0 radical (unpaired) electrons. The number of phosphoric acid groups is 1. The highest BCUT2D eigenvalue weighted by Gasteiger charge is 2.27. The van der Waals surface area contributed by atoms with E-state index in [4.69, 9.17) is 9.05 Å². The van der Waals surface area contributed by atoms with Crippen molar-refractivity contribution in [2.75, 3.05) is 40.9 Å². The second kappa shape index (κ2) is 54.4. The fourth-order valence-corrected chi connectivity index (χ4v) is 8.47. The van der Waals surface area contributed by atoms with Crippen molar-refractivity contribution < 1.29 is 32.9 Å². The van der Waals surface area contributed by atoms with Crippen LogP contribution in [0.4, 0.5) is 0 Å². The summed E-state index contributed by atoms with van der Waals surface area (Å²) in [5, 5.41) is 13.9. The fraction of sp³-hybridized carbons (Fsp3) is 0.646. The van der Waals surface area contributed by atoms with Crippen LogP contribution in [0.5, 0.6) is 0 Å². The zero-order valence-electron chi connectivity index (χ0n) is 48.0. The Balaban J connectivity index is 4.34. The first-order chi connectivity index (χ1) is 36.0. The molecule has 0 aromatic rings. The van der Waals surface area contributed by atoms with E-state index in [-0.39, 0.29) is 19.1 Å². The first-order valence-corrected chi connectivity index (χ1v) is 31.1. The number of likely N-dealkylation sites (N-methyl/N-ethyl adjacent to an activating group) is 1. The van der Waals surface area contributed by atoms with Crippen LogP contribution in [-0.4, -0.2) is 73.4 Å². The lowest BCUT2D eigenvalue weighted by Crippen LogP contribution is -2.45. The molecule has 8 nitrogen and oxygen atoms in total. The molecule has 3 N–H and O–H groups in total. The van der Waals surface area contributed by atoms with E-state index in [1.165, 1.54) is 77.0 Å². The van der Waals surface area contributed by atoms with Crippen LogP contribution in [0.2, 0.25) is 0 Å². The number of nitrogens with zero attached hydrogens (tertiary/aromatic N) is 1. The monoisotopic (exact) mass is 1050 g/mol. The van der Waals surface area contributed by atoms with Crippen molar-refractivity contribution in [3.05, 3.63) is 134 Å². The smallest absolute Gasteiger partial charge is 0.387 e. The van der Waals surface area contributed by atoms with Gasteiger partial charge in [-0.2, -0.15) is 0 Å². The van der Waals surface area contributed by atoms with Gasteiger partial charge in [-0.3, -0.25) is 13.8 Å². The molecule has 0 heterocycles. The summed E-state index contributed by atoms with van der Waals surface area (Å²) in [4.78, 5) is 23.3. The fourth-order valence-electron chi connectivity index (χ4n) is 7.74. The first-order valence-electron chi connectivity index (χ1n) is 29.6. The number of rotatable bonds is 52. The SMILES string of the molecule is CC/C=C\C/C=C\C/C=C\C/C=C\C/C=C\C/C=C\C/C=C\C/C=C\CCCCCCCCC(=O)NC(COP(=O)(O)OCC[N+](C)(C)C)C(O)/C=C/CC/C=C/CC/C=C/CCCCCCCCCCCCC. The Kier molecular flexibility index (Phi) is 52.0. The molecule has 3 atom stereocenters. The molecule has 9 heteroatoms. The molecule has 0 fully saturated rings. The van der Waals surface area contributed by atoms with Gasteiger partial charge in [0.1, 0.15) is 13.2 Å². The zero-order chi connectivity index (χ0) is 54.2. The van der Waals surface area contributed by atoms with E-state index in [1.54, 1.807) is 6.08 Å². The molecular formula is C65H112N2O6P+. The van der Waals surface area contributed by atoms with Crippen LogP contribution < -0.4 is 5.32 Å². The van der Waals surface area contributed by atoms with Crippen LogP contribution in [0.3, 0.4) is 0 Å². The molecule has 0 aliphatic heterocycles. The number of nitrogens with one attached hydrogen (secondary N) is 1. The van der Waals surface area contributed by atoms with Gasteiger partial charge in [0.2, 0.25) is 5.91 Å². The molecule has 0 spiro atoms. The van der Waals surface area contributed by atoms with E-state index in [1.807, 2.05) is 27.2 Å². The van der Waals surface area contributed by atoms with Crippen molar-refractivity contribution >= 4 is 13.7 Å². The minimum absolute atomic E-state index is 0.0428. The predicted molar refractivity (Wildman–Crippen MR) is 322 cm³/mol. The van der Waals surface area contributed by atoms with E-state index in [9.17, 15) is 19.4 Å². The maximum Gasteiger partial charge on any atom is 0.472 e. The van der Waals surface area contributed by atoms with Crippen LogP contribution >= 0.6 is 7.82 Å². The second-order valence-electron chi connectivity index (χ2n) is 20.6. The number of aliphatic hydroxyl groups is 1. The van der Waals surface area contributed by atoms with Gasteiger partial charge in [-0.25, -0.2) is 4.57 Å². The lowest BCUT2D eigenvalue weighted by Gasteiger charge is -2.25. The maximum atomic E-state index is 13.0. The lowest BCUT2D eigenvalue weighted by atomic mass is 10.1. The quantitative estimate of drug-likeness (QED) is 0.0243. The number of phosphoric ester groups is 1. The minimum Gasteiger partial charge on any atom is -0.387 e. The summed E-state index contributed by atoms with van der Waals surface area (Å²) in [6.45, 7) is 4.65. The predicted octanol–water partition coefficient (Wildman–Crippen LogP) is 18.3. The average Bonchev–Trinajstić information content (AvgIpc) is 3.36. The Labute approximate surface area is 456 Å². The summed E-state index contributed by atoms with van der Waals surface area (Å²) in [6.07, 6.45) is 82.7. The van der Waals surface area contributed by atoms with E-state index in [0.29, 0.717) is 17.4 Å². The topological polar surface area (TPSA) is 105 Å². The van der Waals surface area contributed by atoms with Gasteiger partial charge >= 0.3 is 7.82 Å². The molecule has 0 aliphatic carbocycles. The summed E-state index contributed by atoms with van der Waals surface area (Å²) in [5.74, 6) is -0.211. The first kappa shape index (κ1) is 70.6. The Morgan fingerprint density at radius 2 is 0.824 bits per heavy atom. The molecule has 422 valence electrons. The van der Waals surface area contributed by atoms with Crippen LogP contribution in [-0.2, 0) is 18.4 Å². The number of hydrogen-bond donors (Lipinski definition) is 3. The van der Waals surface area contributed by atoms with E-state index >= 15 is 0 Å². The van der Waals surface area contributed by atoms with Crippen molar-refractivity contribution in [1.29, 1.82) is 0 Å². The van der Waals surface area contributed by atoms with Crippen LogP contribution in [0, 0.1) is 0 Å². The summed E-state index contributed by atoms with van der Waals surface area (Å²) < 4.78 is 23.7. The highest BCUT2D eigenvalue weighted by atomic mass is 31.2. The molecule has 1 amide bonds. The summed E-state index contributed by atoms with van der Waals surface area (Å²) in [7, 11) is 1.52. The van der Waals surface area contributed by atoms with Gasteiger partial charge in [-0.1, -0.05) is 237 Å². The second-order valence-corrected chi connectivity index (χ2v) is 22.1. The van der Waals surface area contributed by atoms with Crippen molar-refractivity contribution in [1.82, 2.24) is 5.32 Å². The summed E-state index contributed by atoms with van der Waals surface area (Å²) >= 11 is 0. The molecule has 3 unspecified atom stereocenters. The van der Waals surface area contributed by atoms with Crippen molar-refractivity contribution in [2.45, 2.75) is 231 Å². The minimum atomic E-state index is -4.37. The summed E-state index contributed by atoms with van der Waals surface area (Å²) in [5.41, 5.74) is 0. The standard InChI is InChI=1S/C65H111N2O6P/c1-6-8-10-12-14-16-18-20-22-24-26-28-29-30-31-32-33-34-35-36-37-39-41-43-45-47-49-51-53-55-57-59-65(69)66-63(62-73-74(70,71)72-61-60-67(3,4)5)64(68)58-56-54-52-50-48-46-44-42-40-38-27-25-23-21-19-17-15-13-11-9-7-2/h8,10,14,16,20,22,26,28,30-31,33-34,36-37,40-43,48,50,56,58,63-64,68H,6-7,9,11-13,15,17-19,21,23-25,27,29,32,35,38-39,44-47,49,51-55,57,59-62H2,1-5H3,(H-,66,69,70,71)/p+1/b10-8-,16-14-,22-20-,28-26-,31-30-,34-33-,37-36-,42-40+,43-41-,50-48+,58-56+. The number of quaternary nitrogens is 1. The van der Waals surface area contributed by atoms with Gasteiger partial charge in [0.15, 0.2) is 0 Å². The Morgan fingerprint density at radius 3 is 1.24 bits per heavy atom. The molecule has 0 saturated carbocycles. The largest absolute Gasteiger partial charge is 0.472 e. The van der Waals surface area contributed by atoms with Gasteiger partial charge in [0.05, 0.1) is 39.9 Å². The van der Waals surface area contributed by atoms with Gasteiger partial charge in [-0.15, -0.1) is 0 Å². The van der Waals surface area contributed by atoms with Gasteiger partial charge in [0, 0.05) is 6.42 Å². The molecular weight excluding hydrogens is 936 g/mol. The van der Waals surface area contributed by atoms with Crippen LogP contribution in [0.1, 0.15) is 219 Å². The van der Waals surface area contributed by atoms with Crippen LogP contribution in [0.15, 0.2) is 134 Å². The zero-order valence-corrected chi connectivity index (χ0v) is 48.9. The van der Waals surface area contributed by atoms with Crippen molar-refractivity contribution in [3.8, 4) is 0 Å². The maximum absolute atomic E-state index is 13.0. The third-order valence-electron chi connectivity index (χ3n) is 12.3. The number of allylic oxidation sites excluding steroid dienone is 21. The van der Waals surface area contributed by atoms with Gasteiger partial charge < -0.3 is 19.8 Å². The highest BCUT2D eigenvalue weighted by Crippen LogP contribution is 2.43. The van der Waals surface area contributed by atoms with Crippen molar-refractivity contribution in [2.24, 2.45) is 0 Å². The molecule has 0 aromatic heterocycles. The molecule has 0 rings (SSSR count). The van der Waals surface area contributed by atoms with Gasteiger partial charge in [-0.05, 0) is 109 Å². The normalized spacial score (nSPS) is 14.9. The third-order valence-corrected chi connectivity index (χ3v) is 13.3. The highest BCUT2D eigenvalue weighted by molar-refractivity contribution is 7.47. The number of amides is 1. The van der Waals surface area contributed by atoms with E-state index in [0.717, 1.165) is 122 Å². The van der Waals surface area contributed by atoms with E-state index in [2.05, 4.69) is 141 Å². The molecule has 0 bridgehead atoms. The molecule has 74 heavy (non-hydrogen) atoms. The third kappa shape index (κ3) is 56.4.